The molecule has 1 aliphatic heterocycles. The number of anilines is 1. The Kier molecular flexibility index (Phi) is 6.87. The van der Waals surface area contributed by atoms with E-state index in [4.69, 9.17) is 4.74 Å². The lowest BCUT2D eigenvalue weighted by Gasteiger charge is -2.25. The van der Waals surface area contributed by atoms with Crippen LogP contribution in [0.3, 0.4) is 0 Å². The summed E-state index contributed by atoms with van der Waals surface area (Å²) >= 11 is 0. The molecule has 1 saturated heterocycles. The number of aliphatic hydroxyl groups is 1. The molecule has 1 aromatic heterocycles. The van der Waals surface area contributed by atoms with Gasteiger partial charge in [0.05, 0.1) is 17.7 Å². The molecule has 0 spiro atoms. The van der Waals surface area contributed by atoms with Gasteiger partial charge in [-0.1, -0.05) is 30.3 Å². The molecule has 2 N–H and O–H groups in total. The van der Waals surface area contributed by atoms with Crippen LogP contribution < -0.4 is 15.0 Å². The van der Waals surface area contributed by atoms with Gasteiger partial charge in [0, 0.05) is 50.9 Å². The SMILES string of the molecule is CN(C)c1ccc2nc(OCC(=O)N[C@H](CN3CC[C@H](O)C3)c3ccccc3)ccc2c1. The summed E-state index contributed by atoms with van der Waals surface area (Å²) in [6.45, 7) is 2.00. The van der Waals surface area contributed by atoms with Gasteiger partial charge in [-0.3, -0.25) is 9.69 Å². The van der Waals surface area contributed by atoms with Crippen LogP contribution in [0, 0.1) is 0 Å². The van der Waals surface area contributed by atoms with E-state index in [1.165, 1.54) is 0 Å². The van der Waals surface area contributed by atoms with Gasteiger partial charge in [0.1, 0.15) is 0 Å². The smallest absolute Gasteiger partial charge is 0.258 e. The molecular weight excluding hydrogens is 404 g/mol. The van der Waals surface area contributed by atoms with Crippen LogP contribution in [0.4, 0.5) is 5.69 Å². The number of nitrogens with zero attached hydrogens (tertiary/aromatic N) is 3. The zero-order chi connectivity index (χ0) is 22.5. The quantitative estimate of drug-likeness (QED) is 0.568. The lowest BCUT2D eigenvalue weighted by molar-refractivity contribution is -0.124. The molecule has 1 fully saturated rings. The van der Waals surface area contributed by atoms with Crippen molar-refractivity contribution in [2.24, 2.45) is 0 Å². The number of nitrogens with one attached hydrogen (secondary N) is 1. The van der Waals surface area contributed by atoms with Gasteiger partial charge in [0.15, 0.2) is 6.61 Å². The van der Waals surface area contributed by atoms with Crippen molar-refractivity contribution >= 4 is 22.5 Å². The van der Waals surface area contributed by atoms with Gasteiger partial charge < -0.3 is 20.1 Å². The lowest BCUT2D eigenvalue weighted by atomic mass is 10.1. The molecule has 0 aliphatic carbocycles. The maximum absolute atomic E-state index is 12.7. The largest absolute Gasteiger partial charge is 0.468 e. The second kappa shape index (κ2) is 9.97. The topological polar surface area (TPSA) is 77.9 Å². The first-order valence-corrected chi connectivity index (χ1v) is 10.9. The number of pyridine rings is 1. The summed E-state index contributed by atoms with van der Waals surface area (Å²) in [4.78, 5) is 21.4. The Labute approximate surface area is 188 Å². The number of carbonyl (C=O) groups excluding carboxylic acids is 1. The summed E-state index contributed by atoms with van der Waals surface area (Å²) in [7, 11) is 4.00. The van der Waals surface area contributed by atoms with Crippen molar-refractivity contribution in [3.63, 3.8) is 0 Å². The number of aliphatic hydroxyl groups excluding tert-OH is 1. The molecule has 7 nitrogen and oxygen atoms in total. The molecule has 2 atom stereocenters. The fraction of sp³-hybridized carbons (Fsp3) is 0.360. The third kappa shape index (κ3) is 5.55. The van der Waals surface area contributed by atoms with Crippen LogP contribution in [0.25, 0.3) is 10.9 Å². The average molecular weight is 435 g/mol. The van der Waals surface area contributed by atoms with Crippen LogP contribution in [0.1, 0.15) is 18.0 Å². The van der Waals surface area contributed by atoms with E-state index in [0.29, 0.717) is 19.0 Å². The van der Waals surface area contributed by atoms with Crippen LogP contribution in [-0.2, 0) is 4.79 Å². The summed E-state index contributed by atoms with van der Waals surface area (Å²) in [5.74, 6) is 0.215. The Bertz CT molecular complexity index is 1060. The van der Waals surface area contributed by atoms with Crippen LogP contribution in [0.15, 0.2) is 60.7 Å². The molecule has 32 heavy (non-hydrogen) atoms. The molecule has 1 aliphatic rings. The molecule has 0 radical (unpaired) electrons. The minimum atomic E-state index is -0.293. The van der Waals surface area contributed by atoms with Crippen molar-refractivity contribution in [2.45, 2.75) is 18.6 Å². The van der Waals surface area contributed by atoms with Crippen LogP contribution in [-0.4, -0.2) is 67.3 Å². The predicted molar refractivity (Wildman–Crippen MR) is 126 cm³/mol. The second-order valence-electron chi connectivity index (χ2n) is 8.44. The van der Waals surface area contributed by atoms with E-state index in [2.05, 4.69) is 21.3 Å². The number of β-amino-alcohol motifs (C(OH)–C–C–N with tert-alkyl or cyclic N) is 1. The first-order chi connectivity index (χ1) is 15.5. The molecule has 2 aromatic carbocycles. The van der Waals surface area contributed by atoms with E-state index in [1.54, 1.807) is 6.07 Å². The third-order valence-corrected chi connectivity index (χ3v) is 5.74. The summed E-state index contributed by atoms with van der Waals surface area (Å²) < 4.78 is 5.69. The first-order valence-electron chi connectivity index (χ1n) is 10.9. The Morgan fingerprint density at radius 1 is 1.22 bits per heavy atom. The Morgan fingerprint density at radius 2 is 2.03 bits per heavy atom. The van der Waals surface area contributed by atoms with E-state index in [1.807, 2.05) is 67.5 Å². The van der Waals surface area contributed by atoms with Gasteiger partial charge in [-0.2, -0.15) is 0 Å². The fourth-order valence-electron chi connectivity index (χ4n) is 3.98. The van der Waals surface area contributed by atoms with E-state index in [9.17, 15) is 9.90 Å². The predicted octanol–water partition coefficient (Wildman–Crippen LogP) is 2.60. The molecule has 168 valence electrons. The highest BCUT2D eigenvalue weighted by molar-refractivity contribution is 5.83. The highest BCUT2D eigenvalue weighted by Gasteiger charge is 2.24. The molecule has 2 heterocycles. The molecule has 0 unspecified atom stereocenters. The summed E-state index contributed by atoms with van der Waals surface area (Å²) in [6.07, 6.45) is 0.473. The zero-order valence-corrected chi connectivity index (χ0v) is 18.6. The number of fused-ring (bicyclic) bond motifs is 1. The Balaban J connectivity index is 1.39. The number of hydrogen-bond acceptors (Lipinski definition) is 6. The number of aromatic nitrogens is 1. The number of ether oxygens (including phenoxy) is 1. The highest BCUT2D eigenvalue weighted by Crippen LogP contribution is 2.22. The maximum atomic E-state index is 12.7. The molecule has 3 aromatic rings. The van der Waals surface area contributed by atoms with Gasteiger partial charge in [-0.05, 0) is 36.2 Å². The molecular formula is C25H30N4O3. The Hall–Kier alpha value is -3.16. The molecule has 0 bridgehead atoms. The maximum Gasteiger partial charge on any atom is 0.258 e. The minimum absolute atomic E-state index is 0.111. The fourth-order valence-corrected chi connectivity index (χ4v) is 3.98. The van der Waals surface area contributed by atoms with Crippen molar-refractivity contribution in [3.8, 4) is 5.88 Å². The van der Waals surface area contributed by atoms with Gasteiger partial charge in [0.2, 0.25) is 5.88 Å². The number of carbonyl (C=O) groups is 1. The summed E-state index contributed by atoms with van der Waals surface area (Å²) in [5.41, 5.74) is 2.95. The number of benzene rings is 2. The standard InChI is InChI=1S/C25H30N4O3/c1-28(2)20-9-10-22-19(14-20)8-11-25(27-22)32-17-24(31)26-23(18-6-4-3-5-7-18)16-29-13-12-21(30)15-29/h3-11,14,21,23,30H,12-13,15-17H2,1-2H3,(H,26,31)/t21-,23+/m0/s1. The average Bonchev–Trinajstić information content (AvgIpc) is 3.21. The highest BCUT2D eigenvalue weighted by atomic mass is 16.5. The van der Waals surface area contributed by atoms with Crippen LogP contribution >= 0.6 is 0 Å². The first kappa shape index (κ1) is 22.0. The number of rotatable bonds is 8. The third-order valence-electron chi connectivity index (χ3n) is 5.74. The van der Waals surface area contributed by atoms with Crippen molar-refractivity contribution in [1.29, 1.82) is 0 Å². The van der Waals surface area contributed by atoms with E-state index in [-0.39, 0.29) is 24.7 Å². The van der Waals surface area contributed by atoms with E-state index < -0.39 is 0 Å². The minimum Gasteiger partial charge on any atom is -0.468 e. The van der Waals surface area contributed by atoms with Crippen LogP contribution in [0.2, 0.25) is 0 Å². The lowest BCUT2D eigenvalue weighted by Crippen LogP contribution is -2.39. The van der Waals surface area contributed by atoms with Crippen molar-refractivity contribution in [3.05, 3.63) is 66.2 Å². The van der Waals surface area contributed by atoms with Gasteiger partial charge in [-0.15, -0.1) is 0 Å². The van der Waals surface area contributed by atoms with Crippen LogP contribution in [0.5, 0.6) is 5.88 Å². The van der Waals surface area contributed by atoms with E-state index in [0.717, 1.165) is 35.1 Å². The number of likely N-dealkylation sites (tertiary alicyclic amines) is 1. The van der Waals surface area contributed by atoms with Gasteiger partial charge in [0.25, 0.3) is 5.91 Å². The molecule has 4 rings (SSSR count). The zero-order valence-electron chi connectivity index (χ0n) is 18.6. The Morgan fingerprint density at radius 3 is 2.75 bits per heavy atom. The van der Waals surface area contributed by atoms with Gasteiger partial charge in [-0.25, -0.2) is 4.98 Å². The molecule has 7 heteroatoms. The number of amides is 1. The second-order valence-corrected chi connectivity index (χ2v) is 8.44. The van der Waals surface area contributed by atoms with Crippen molar-refractivity contribution in [2.75, 3.05) is 45.2 Å². The number of hydrogen-bond donors (Lipinski definition) is 2. The summed E-state index contributed by atoms with van der Waals surface area (Å²) in [5, 5.41) is 13.9. The van der Waals surface area contributed by atoms with Gasteiger partial charge >= 0.3 is 0 Å². The van der Waals surface area contributed by atoms with E-state index >= 15 is 0 Å². The van der Waals surface area contributed by atoms with Crippen molar-refractivity contribution in [1.82, 2.24) is 15.2 Å². The molecule has 1 amide bonds. The summed E-state index contributed by atoms with van der Waals surface area (Å²) in [6, 6.07) is 19.5. The normalized spacial score (nSPS) is 17.3. The monoisotopic (exact) mass is 434 g/mol. The van der Waals surface area contributed by atoms with Crippen molar-refractivity contribution < 1.29 is 14.6 Å². The molecule has 0 saturated carbocycles.